The van der Waals surface area contributed by atoms with Gasteiger partial charge in [-0.1, -0.05) is 0 Å². The Labute approximate surface area is 176 Å². The first kappa shape index (κ1) is 20.2. The van der Waals surface area contributed by atoms with Gasteiger partial charge in [-0.25, -0.2) is 0 Å². The fourth-order valence-electron chi connectivity index (χ4n) is 3.89. The number of ether oxygens (including phenoxy) is 1. The Balaban J connectivity index is 1.44. The Kier molecular flexibility index (Phi) is 5.86. The van der Waals surface area contributed by atoms with Crippen LogP contribution in [0.5, 0.6) is 5.75 Å². The summed E-state index contributed by atoms with van der Waals surface area (Å²) in [5, 5.41) is 1.04. The smallest absolute Gasteiger partial charge is 0.246 e. The molecule has 30 heavy (non-hydrogen) atoms. The summed E-state index contributed by atoms with van der Waals surface area (Å²) in [5.74, 6) is 0.752. The first-order valence-electron chi connectivity index (χ1n) is 10.2. The second-order valence-corrected chi connectivity index (χ2v) is 7.75. The van der Waals surface area contributed by atoms with Crippen LogP contribution in [-0.4, -0.2) is 54.0 Å². The molecule has 3 heterocycles. The number of furan rings is 1. The molecule has 3 aromatic rings. The molecule has 156 valence electrons. The van der Waals surface area contributed by atoms with Crippen molar-refractivity contribution >= 4 is 22.4 Å². The number of pyridine rings is 1. The molecule has 0 aliphatic carbocycles. The summed E-state index contributed by atoms with van der Waals surface area (Å²) in [6.07, 6.45) is 7.10. The minimum atomic E-state index is 0.0436. The van der Waals surface area contributed by atoms with Gasteiger partial charge in [-0.3, -0.25) is 14.7 Å². The van der Waals surface area contributed by atoms with E-state index in [9.17, 15) is 4.79 Å². The highest BCUT2D eigenvalue weighted by molar-refractivity contribution is 5.97. The molecule has 0 bridgehead atoms. The van der Waals surface area contributed by atoms with Gasteiger partial charge in [-0.15, -0.1) is 0 Å². The van der Waals surface area contributed by atoms with Crippen molar-refractivity contribution in [1.29, 1.82) is 0 Å². The molecule has 1 amide bonds. The molecule has 1 saturated heterocycles. The van der Waals surface area contributed by atoms with Crippen LogP contribution in [0.2, 0.25) is 0 Å². The van der Waals surface area contributed by atoms with E-state index in [0.717, 1.165) is 60.4 Å². The molecule has 0 saturated carbocycles. The minimum absolute atomic E-state index is 0.0436. The predicted octanol–water partition coefficient (Wildman–Crippen LogP) is 3.89. The van der Waals surface area contributed by atoms with Gasteiger partial charge in [0.2, 0.25) is 5.91 Å². The lowest BCUT2D eigenvalue weighted by atomic mass is 10.0. The first-order chi connectivity index (χ1) is 14.5. The number of aryl methyl sites for hydroxylation is 1. The van der Waals surface area contributed by atoms with Crippen molar-refractivity contribution < 1.29 is 13.9 Å². The van der Waals surface area contributed by atoms with E-state index in [2.05, 4.69) is 9.88 Å². The Morgan fingerprint density at radius 1 is 1.20 bits per heavy atom. The molecule has 0 radical (unpaired) electrons. The monoisotopic (exact) mass is 405 g/mol. The van der Waals surface area contributed by atoms with Gasteiger partial charge in [-0.05, 0) is 48.7 Å². The number of methoxy groups -OCH3 is 1. The van der Waals surface area contributed by atoms with Crippen LogP contribution in [0.25, 0.3) is 16.5 Å². The zero-order valence-electron chi connectivity index (χ0n) is 17.7. The molecule has 0 unspecified atom stereocenters. The van der Waals surface area contributed by atoms with Gasteiger partial charge in [-0.2, -0.15) is 0 Å². The number of nitrogens with zero attached hydrogens (tertiary/aromatic N) is 3. The highest BCUT2D eigenvalue weighted by Gasteiger charge is 2.21. The fourth-order valence-corrected chi connectivity index (χ4v) is 3.89. The molecule has 4 rings (SSSR count). The zero-order chi connectivity index (χ0) is 21.1. The van der Waals surface area contributed by atoms with Crippen LogP contribution in [0, 0.1) is 6.92 Å². The molecule has 6 nitrogen and oxygen atoms in total. The number of aromatic nitrogens is 1. The van der Waals surface area contributed by atoms with Crippen LogP contribution in [0.1, 0.15) is 23.6 Å². The summed E-state index contributed by atoms with van der Waals surface area (Å²) in [7, 11) is 1.64. The van der Waals surface area contributed by atoms with Crippen molar-refractivity contribution in [3.05, 3.63) is 65.7 Å². The van der Waals surface area contributed by atoms with Crippen LogP contribution in [0.4, 0.5) is 0 Å². The molecule has 6 heteroatoms. The van der Waals surface area contributed by atoms with Gasteiger partial charge in [0.25, 0.3) is 0 Å². The molecule has 1 aromatic carbocycles. The van der Waals surface area contributed by atoms with E-state index in [1.807, 2.05) is 55.4 Å². The molecular weight excluding hydrogens is 378 g/mol. The standard InChI is InChI=1S/C24H27N3O3/c1-17(20-13-21-18(2)16-30-23(21)14-22(20)29-3)12-24(28)27-10-8-26(9-11-27)15-19-4-6-25-7-5-19/h4-7,12-14,16H,8-11,15H2,1-3H3/b17-12+. The number of piperazine rings is 1. The lowest BCUT2D eigenvalue weighted by molar-refractivity contribution is -0.127. The van der Waals surface area contributed by atoms with Crippen molar-refractivity contribution in [2.24, 2.45) is 0 Å². The summed E-state index contributed by atoms with van der Waals surface area (Å²) in [4.78, 5) is 21.2. The largest absolute Gasteiger partial charge is 0.496 e. The molecule has 1 fully saturated rings. The quantitative estimate of drug-likeness (QED) is 0.603. The van der Waals surface area contributed by atoms with Gasteiger partial charge in [0.1, 0.15) is 11.3 Å². The van der Waals surface area contributed by atoms with Crippen LogP contribution >= 0.6 is 0 Å². The van der Waals surface area contributed by atoms with E-state index < -0.39 is 0 Å². The average molecular weight is 405 g/mol. The maximum Gasteiger partial charge on any atom is 0.246 e. The highest BCUT2D eigenvalue weighted by atomic mass is 16.5. The van der Waals surface area contributed by atoms with Crippen molar-refractivity contribution in [2.45, 2.75) is 20.4 Å². The summed E-state index contributed by atoms with van der Waals surface area (Å²) < 4.78 is 11.1. The molecule has 0 N–H and O–H groups in total. The summed E-state index contributed by atoms with van der Waals surface area (Å²) >= 11 is 0. The third-order valence-corrected chi connectivity index (χ3v) is 5.69. The van der Waals surface area contributed by atoms with Crippen LogP contribution < -0.4 is 4.74 Å². The van der Waals surface area contributed by atoms with E-state index >= 15 is 0 Å². The fraction of sp³-hybridized carbons (Fsp3) is 0.333. The third-order valence-electron chi connectivity index (χ3n) is 5.69. The van der Waals surface area contributed by atoms with Gasteiger partial charge in [0.15, 0.2) is 0 Å². The number of amides is 1. The van der Waals surface area contributed by atoms with Gasteiger partial charge < -0.3 is 14.1 Å². The van der Waals surface area contributed by atoms with Crippen LogP contribution in [-0.2, 0) is 11.3 Å². The Bertz CT molecular complexity index is 1060. The second-order valence-electron chi connectivity index (χ2n) is 7.75. The average Bonchev–Trinajstić information content (AvgIpc) is 3.13. The normalized spacial score (nSPS) is 15.6. The molecular formula is C24H27N3O3. The van der Waals surface area contributed by atoms with Crippen molar-refractivity contribution in [3.63, 3.8) is 0 Å². The first-order valence-corrected chi connectivity index (χ1v) is 10.2. The van der Waals surface area contributed by atoms with Gasteiger partial charge in [0, 0.05) is 68.2 Å². The summed E-state index contributed by atoms with van der Waals surface area (Å²) in [6.45, 7) is 8.04. The van der Waals surface area contributed by atoms with E-state index in [0.29, 0.717) is 5.75 Å². The van der Waals surface area contributed by atoms with E-state index in [1.54, 1.807) is 19.4 Å². The van der Waals surface area contributed by atoms with Crippen molar-refractivity contribution in [1.82, 2.24) is 14.8 Å². The Hall–Kier alpha value is -3.12. The number of allylic oxidation sites excluding steroid dienone is 1. The highest BCUT2D eigenvalue weighted by Crippen LogP contribution is 2.33. The number of hydrogen-bond donors (Lipinski definition) is 0. The van der Waals surface area contributed by atoms with E-state index in [-0.39, 0.29) is 5.91 Å². The maximum absolute atomic E-state index is 12.9. The molecule has 0 spiro atoms. The van der Waals surface area contributed by atoms with Crippen molar-refractivity contribution in [2.75, 3.05) is 33.3 Å². The topological polar surface area (TPSA) is 58.8 Å². The molecule has 1 aliphatic heterocycles. The number of carbonyl (C=O) groups excluding carboxylic acids is 1. The maximum atomic E-state index is 12.9. The number of benzene rings is 1. The second kappa shape index (κ2) is 8.71. The number of carbonyl (C=O) groups is 1. The summed E-state index contributed by atoms with van der Waals surface area (Å²) in [6, 6.07) is 8.00. The molecule has 2 aromatic heterocycles. The van der Waals surface area contributed by atoms with Gasteiger partial charge in [0.05, 0.1) is 13.4 Å². The van der Waals surface area contributed by atoms with Crippen LogP contribution in [0.3, 0.4) is 0 Å². The van der Waals surface area contributed by atoms with Crippen molar-refractivity contribution in [3.8, 4) is 5.75 Å². The van der Waals surface area contributed by atoms with Crippen LogP contribution in [0.15, 0.2) is 53.4 Å². The molecule has 1 aliphatic rings. The van der Waals surface area contributed by atoms with E-state index in [1.165, 1.54) is 5.56 Å². The number of fused-ring (bicyclic) bond motifs is 1. The minimum Gasteiger partial charge on any atom is -0.496 e. The number of hydrogen-bond acceptors (Lipinski definition) is 5. The lowest BCUT2D eigenvalue weighted by Gasteiger charge is -2.34. The Morgan fingerprint density at radius 3 is 2.63 bits per heavy atom. The molecule has 0 atom stereocenters. The van der Waals surface area contributed by atoms with Gasteiger partial charge >= 0.3 is 0 Å². The SMILES string of the molecule is COc1cc2occ(C)c2cc1/C(C)=C/C(=O)N1CCN(Cc2ccncc2)CC1. The Morgan fingerprint density at radius 2 is 1.93 bits per heavy atom. The lowest BCUT2D eigenvalue weighted by Crippen LogP contribution is -2.47. The predicted molar refractivity (Wildman–Crippen MR) is 117 cm³/mol. The zero-order valence-corrected chi connectivity index (χ0v) is 17.7. The summed E-state index contributed by atoms with van der Waals surface area (Å²) in [5.41, 5.74) is 4.91. The van der Waals surface area contributed by atoms with E-state index in [4.69, 9.17) is 9.15 Å². The third kappa shape index (κ3) is 4.24. The number of rotatable bonds is 5.